The molecule has 1 N–H and O–H groups in total. The molecule has 2 rings (SSSR count). The predicted molar refractivity (Wildman–Crippen MR) is 75.1 cm³/mol. The van der Waals surface area contributed by atoms with Gasteiger partial charge >= 0.3 is 0 Å². The maximum atomic E-state index is 12.2. The van der Waals surface area contributed by atoms with Crippen molar-refractivity contribution in [3.05, 3.63) is 29.6 Å². The number of sulfonamides is 1. The number of imidazole rings is 1. The lowest BCUT2D eigenvalue weighted by Crippen LogP contribution is -2.14. The topological polar surface area (TPSA) is 89.8 Å². The van der Waals surface area contributed by atoms with Gasteiger partial charge in [-0.25, -0.2) is 15.0 Å². The zero-order valence-corrected chi connectivity index (χ0v) is 12.6. The number of nitrogens with zero attached hydrogens (tertiary/aromatic N) is 4. The highest BCUT2D eigenvalue weighted by Gasteiger charge is 2.19. The molecule has 0 bridgehead atoms. The molecule has 20 heavy (non-hydrogen) atoms. The van der Waals surface area contributed by atoms with E-state index in [1.807, 2.05) is 6.92 Å². The number of nitrogens with one attached hydrogen (secondary N) is 1. The third-order valence-electron chi connectivity index (χ3n) is 2.55. The van der Waals surface area contributed by atoms with Crippen molar-refractivity contribution in [3.63, 3.8) is 0 Å². The smallest absolute Gasteiger partial charge is 0.282 e. The Morgan fingerprint density at radius 1 is 1.35 bits per heavy atom. The van der Waals surface area contributed by atoms with Gasteiger partial charge in [-0.2, -0.15) is 8.42 Å². The van der Waals surface area contributed by atoms with Crippen molar-refractivity contribution in [2.24, 2.45) is 0 Å². The minimum Gasteiger partial charge on any atom is -0.334 e. The molecule has 0 aromatic carbocycles. The number of hydrogen-bond acceptors (Lipinski definition) is 5. The van der Waals surface area contributed by atoms with Crippen molar-refractivity contribution in [1.29, 1.82) is 0 Å². The Hall–Kier alpha value is -1.67. The molecule has 2 heterocycles. The number of aryl methyl sites for hydroxylation is 2. The van der Waals surface area contributed by atoms with Crippen LogP contribution in [0.5, 0.6) is 0 Å². The highest BCUT2D eigenvalue weighted by Crippen LogP contribution is 2.14. The van der Waals surface area contributed by atoms with Gasteiger partial charge in [0.25, 0.3) is 10.0 Å². The number of halogens is 1. The van der Waals surface area contributed by atoms with Crippen LogP contribution in [0.3, 0.4) is 0 Å². The zero-order chi connectivity index (χ0) is 14.8. The van der Waals surface area contributed by atoms with E-state index in [2.05, 4.69) is 19.7 Å². The van der Waals surface area contributed by atoms with Crippen LogP contribution in [0.25, 0.3) is 0 Å². The Bertz CT molecular complexity index is 696. The fourth-order valence-corrected chi connectivity index (χ4v) is 2.73. The number of hydrogen-bond donors (Lipinski definition) is 1. The highest BCUT2D eigenvalue weighted by molar-refractivity contribution is 7.92. The zero-order valence-electron chi connectivity index (χ0n) is 11.0. The first-order chi connectivity index (χ1) is 9.42. The molecule has 108 valence electrons. The average Bonchev–Trinajstić information content (AvgIpc) is 2.75. The molecule has 0 aliphatic rings. The quantitative estimate of drug-likeness (QED) is 0.909. The van der Waals surface area contributed by atoms with Gasteiger partial charge < -0.3 is 4.57 Å². The van der Waals surface area contributed by atoms with E-state index in [0.717, 1.165) is 13.0 Å². The van der Waals surface area contributed by atoms with E-state index in [0.29, 0.717) is 5.82 Å². The fourth-order valence-electron chi connectivity index (χ4n) is 1.63. The first-order valence-electron chi connectivity index (χ1n) is 5.96. The van der Waals surface area contributed by atoms with Crippen molar-refractivity contribution in [2.75, 3.05) is 4.72 Å². The van der Waals surface area contributed by atoms with Gasteiger partial charge in [-0.1, -0.05) is 18.5 Å². The van der Waals surface area contributed by atoms with Crippen LogP contribution in [0.15, 0.2) is 23.6 Å². The van der Waals surface area contributed by atoms with E-state index < -0.39 is 10.0 Å². The van der Waals surface area contributed by atoms with E-state index >= 15 is 0 Å². The minimum absolute atomic E-state index is 0.0415. The van der Waals surface area contributed by atoms with Crippen LogP contribution in [-0.4, -0.2) is 27.9 Å². The molecule has 0 spiro atoms. The Kier molecular flexibility index (Phi) is 4.24. The Morgan fingerprint density at radius 2 is 2.10 bits per heavy atom. The van der Waals surface area contributed by atoms with E-state index in [4.69, 9.17) is 11.6 Å². The summed E-state index contributed by atoms with van der Waals surface area (Å²) in [5.41, 5.74) is 0. The molecule has 0 aliphatic heterocycles. The summed E-state index contributed by atoms with van der Waals surface area (Å²) in [7, 11) is -3.77. The van der Waals surface area contributed by atoms with Gasteiger partial charge in [-0.15, -0.1) is 0 Å². The number of anilines is 1. The molecular weight excluding hydrogens is 302 g/mol. The van der Waals surface area contributed by atoms with Gasteiger partial charge in [0.2, 0.25) is 0 Å². The molecule has 7 nitrogen and oxygen atoms in total. The second-order valence-corrected chi connectivity index (χ2v) is 6.17. The van der Waals surface area contributed by atoms with Crippen LogP contribution in [0.2, 0.25) is 5.15 Å². The molecule has 2 aromatic rings. The number of rotatable bonds is 5. The summed E-state index contributed by atoms with van der Waals surface area (Å²) < 4.78 is 28.4. The highest BCUT2D eigenvalue weighted by atomic mass is 35.5. The van der Waals surface area contributed by atoms with Gasteiger partial charge in [-0.05, 0) is 13.3 Å². The summed E-state index contributed by atoms with van der Waals surface area (Å²) in [6.07, 6.45) is 4.91. The Morgan fingerprint density at radius 3 is 2.70 bits per heavy atom. The summed E-state index contributed by atoms with van der Waals surface area (Å²) >= 11 is 5.59. The van der Waals surface area contributed by atoms with Crippen molar-refractivity contribution in [1.82, 2.24) is 19.5 Å². The minimum atomic E-state index is -3.77. The first-order valence-corrected chi connectivity index (χ1v) is 7.82. The number of aromatic nitrogens is 4. The average molecular weight is 316 g/mol. The molecule has 0 unspecified atom stereocenters. The van der Waals surface area contributed by atoms with Crippen molar-refractivity contribution in [3.8, 4) is 0 Å². The lowest BCUT2D eigenvalue weighted by molar-refractivity contribution is 0.597. The van der Waals surface area contributed by atoms with Gasteiger partial charge in [0.15, 0.2) is 10.8 Å². The summed E-state index contributed by atoms with van der Waals surface area (Å²) in [4.78, 5) is 11.6. The lowest BCUT2D eigenvalue weighted by atomic mass is 10.5. The van der Waals surface area contributed by atoms with Crippen molar-refractivity contribution in [2.45, 2.75) is 31.8 Å². The third-order valence-corrected chi connectivity index (χ3v) is 3.97. The monoisotopic (exact) mass is 315 g/mol. The molecule has 0 amide bonds. The van der Waals surface area contributed by atoms with Gasteiger partial charge in [0, 0.05) is 12.7 Å². The van der Waals surface area contributed by atoms with Crippen molar-refractivity contribution >= 4 is 27.4 Å². The lowest BCUT2D eigenvalue weighted by Gasteiger charge is -2.03. The molecule has 0 saturated carbocycles. The van der Waals surface area contributed by atoms with Crippen molar-refractivity contribution < 1.29 is 8.42 Å². The van der Waals surface area contributed by atoms with E-state index in [1.165, 1.54) is 18.6 Å². The largest absolute Gasteiger partial charge is 0.334 e. The van der Waals surface area contributed by atoms with Crippen LogP contribution >= 0.6 is 11.6 Å². The molecular formula is C11H14ClN5O2S. The van der Waals surface area contributed by atoms with Crippen LogP contribution < -0.4 is 4.72 Å². The van der Waals surface area contributed by atoms with Gasteiger partial charge in [0.1, 0.15) is 11.0 Å². The van der Waals surface area contributed by atoms with Gasteiger partial charge in [0.05, 0.1) is 12.4 Å². The Balaban J connectivity index is 2.26. The first kappa shape index (κ1) is 14.7. The molecule has 0 saturated heterocycles. The fraction of sp³-hybridized carbons (Fsp3) is 0.364. The predicted octanol–water partition coefficient (Wildman–Crippen LogP) is 1.85. The van der Waals surface area contributed by atoms with E-state index in [1.54, 1.807) is 11.5 Å². The Labute approximate surface area is 122 Å². The molecule has 0 fully saturated rings. The summed E-state index contributed by atoms with van der Waals surface area (Å²) in [6.45, 7) is 4.49. The molecule has 2 aromatic heterocycles. The third kappa shape index (κ3) is 3.26. The SMILES string of the molecule is CCCn1cc(S(=O)(=O)Nc2cnc(Cl)cn2)nc1C. The summed E-state index contributed by atoms with van der Waals surface area (Å²) in [5.74, 6) is 0.742. The summed E-state index contributed by atoms with van der Waals surface area (Å²) in [6, 6.07) is 0. The maximum Gasteiger partial charge on any atom is 0.282 e. The summed E-state index contributed by atoms with van der Waals surface area (Å²) in [5, 5.41) is 0.149. The van der Waals surface area contributed by atoms with Gasteiger partial charge in [-0.3, -0.25) is 4.72 Å². The normalized spacial score (nSPS) is 11.6. The maximum absolute atomic E-state index is 12.2. The second kappa shape index (κ2) is 5.76. The standard InChI is InChI=1S/C11H14ClN5O2S/c1-3-4-17-7-11(15-8(17)2)20(18,19)16-10-6-13-9(12)5-14-10/h5-7H,3-4H2,1-2H3,(H,14,16). The molecule has 0 radical (unpaired) electrons. The molecule has 0 aliphatic carbocycles. The second-order valence-electron chi connectivity index (χ2n) is 4.15. The van der Waals surface area contributed by atoms with E-state index in [9.17, 15) is 8.42 Å². The molecule has 9 heteroatoms. The molecule has 0 atom stereocenters. The van der Waals surface area contributed by atoms with Crippen LogP contribution in [0, 0.1) is 6.92 Å². The van der Waals surface area contributed by atoms with Crippen LogP contribution in [-0.2, 0) is 16.6 Å². The van der Waals surface area contributed by atoms with Crippen LogP contribution in [0.4, 0.5) is 5.82 Å². The van der Waals surface area contributed by atoms with E-state index in [-0.39, 0.29) is 16.0 Å². The van der Waals surface area contributed by atoms with Crippen LogP contribution in [0.1, 0.15) is 19.2 Å².